The molecule has 0 aromatic rings. The molecule has 1 saturated heterocycles. The Morgan fingerprint density at radius 1 is 1.44 bits per heavy atom. The molecule has 1 aliphatic rings. The minimum absolute atomic E-state index is 0.0244. The van der Waals surface area contributed by atoms with Crippen molar-refractivity contribution in [3.05, 3.63) is 0 Å². The van der Waals surface area contributed by atoms with Gasteiger partial charge in [0.05, 0.1) is 5.54 Å². The Bertz CT molecular complexity index is 260. The molecule has 1 heterocycles. The van der Waals surface area contributed by atoms with Crippen molar-refractivity contribution < 1.29 is 9.59 Å². The van der Waals surface area contributed by atoms with E-state index in [0.717, 1.165) is 25.8 Å². The predicted molar refractivity (Wildman–Crippen MR) is 62.0 cm³/mol. The van der Waals surface area contributed by atoms with Gasteiger partial charge in [-0.3, -0.25) is 9.59 Å². The van der Waals surface area contributed by atoms with Crippen molar-refractivity contribution in [2.45, 2.75) is 38.1 Å². The first-order valence-electron chi connectivity index (χ1n) is 5.88. The van der Waals surface area contributed by atoms with Gasteiger partial charge in [-0.25, -0.2) is 0 Å². The van der Waals surface area contributed by atoms with E-state index in [9.17, 15) is 9.59 Å². The molecule has 0 aromatic carbocycles. The molecule has 0 bridgehead atoms. The van der Waals surface area contributed by atoms with Crippen LogP contribution in [0.25, 0.3) is 0 Å². The highest BCUT2D eigenvalue weighted by Crippen LogP contribution is 2.22. The highest BCUT2D eigenvalue weighted by Gasteiger charge is 2.38. The summed E-state index contributed by atoms with van der Waals surface area (Å²) in [7, 11) is 1.59. The van der Waals surface area contributed by atoms with Gasteiger partial charge in [-0.1, -0.05) is 6.92 Å². The molecule has 0 radical (unpaired) electrons. The van der Waals surface area contributed by atoms with Gasteiger partial charge in [0.15, 0.2) is 0 Å². The number of amides is 2. The van der Waals surface area contributed by atoms with Crippen LogP contribution in [0.1, 0.15) is 32.6 Å². The average Bonchev–Trinajstić information content (AvgIpc) is 2.78. The maximum Gasteiger partial charge on any atom is 0.240 e. The first kappa shape index (κ1) is 13.0. The lowest BCUT2D eigenvalue weighted by Gasteiger charge is -2.26. The van der Waals surface area contributed by atoms with Crippen molar-refractivity contribution >= 4 is 11.8 Å². The van der Waals surface area contributed by atoms with Crippen molar-refractivity contribution in [3.8, 4) is 0 Å². The topological polar surface area (TPSA) is 70.2 Å². The minimum atomic E-state index is -0.400. The number of nitrogens with one attached hydrogen (secondary N) is 3. The van der Waals surface area contributed by atoms with Crippen LogP contribution in [0.15, 0.2) is 0 Å². The average molecular weight is 227 g/mol. The van der Waals surface area contributed by atoms with Gasteiger partial charge >= 0.3 is 0 Å². The van der Waals surface area contributed by atoms with Crippen LogP contribution in [-0.2, 0) is 9.59 Å². The Labute approximate surface area is 96.4 Å². The van der Waals surface area contributed by atoms with E-state index in [2.05, 4.69) is 16.0 Å². The van der Waals surface area contributed by atoms with E-state index in [1.807, 2.05) is 6.92 Å². The Hall–Kier alpha value is -1.10. The summed E-state index contributed by atoms with van der Waals surface area (Å²) in [5, 5.41) is 8.60. The zero-order valence-corrected chi connectivity index (χ0v) is 10.1. The summed E-state index contributed by atoms with van der Waals surface area (Å²) in [4.78, 5) is 22.9. The van der Waals surface area contributed by atoms with Gasteiger partial charge < -0.3 is 16.0 Å². The van der Waals surface area contributed by atoms with E-state index in [4.69, 9.17) is 0 Å². The summed E-state index contributed by atoms with van der Waals surface area (Å²) in [6.07, 6.45) is 3.05. The summed E-state index contributed by atoms with van der Waals surface area (Å²) < 4.78 is 0. The quantitative estimate of drug-likeness (QED) is 0.607. The molecule has 1 rings (SSSR count). The second-order valence-electron chi connectivity index (χ2n) is 4.15. The standard InChI is InChI=1S/C11H21N3O2/c1-3-11(6-4-7-14-11)10(16)13-8-5-9(15)12-2/h14H,3-8H2,1-2H3,(H,12,15)(H,13,16). The van der Waals surface area contributed by atoms with E-state index in [-0.39, 0.29) is 11.8 Å². The van der Waals surface area contributed by atoms with E-state index < -0.39 is 5.54 Å². The lowest BCUT2D eigenvalue weighted by molar-refractivity contribution is -0.127. The molecular formula is C11H21N3O2. The molecular weight excluding hydrogens is 206 g/mol. The fraction of sp³-hybridized carbons (Fsp3) is 0.818. The number of hydrogen-bond acceptors (Lipinski definition) is 3. The molecule has 0 saturated carbocycles. The van der Waals surface area contributed by atoms with Crippen LogP contribution in [0.3, 0.4) is 0 Å². The number of carbonyl (C=O) groups is 2. The minimum Gasteiger partial charge on any atom is -0.359 e. The van der Waals surface area contributed by atoms with Crippen LogP contribution in [-0.4, -0.2) is 37.5 Å². The summed E-state index contributed by atoms with van der Waals surface area (Å²) in [5.41, 5.74) is -0.400. The molecule has 5 nitrogen and oxygen atoms in total. The van der Waals surface area contributed by atoms with Gasteiger partial charge in [0.25, 0.3) is 0 Å². The summed E-state index contributed by atoms with van der Waals surface area (Å²) in [6, 6.07) is 0. The van der Waals surface area contributed by atoms with Gasteiger partial charge in [-0.2, -0.15) is 0 Å². The third kappa shape index (κ3) is 2.95. The first-order valence-corrected chi connectivity index (χ1v) is 5.88. The lowest BCUT2D eigenvalue weighted by Crippen LogP contribution is -2.53. The maximum atomic E-state index is 12.0. The lowest BCUT2D eigenvalue weighted by atomic mass is 9.93. The molecule has 0 spiro atoms. The fourth-order valence-electron chi connectivity index (χ4n) is 2.05. The van der Waals surface area contributed by atoms with Crippen LogP contribution >= 0.6 is 0 Å². The van der Waals surface area contributed by atoms with Crippen molar-refractivity contribution in [2.75, 3.05) is 20.1 Å². The SMILES string of the molecule is CCC1(C(=O)NCCC(=O)NC)CCCN1. The Kier molecular flexibility index (Phi) is 4.73. The van der Waals surface area contributed by atoms with E-state index in [1.54, 1.807) is 7.05 Å². The monoisotopic (exact) mass is 227 g/mol. The van der Waals surface area contributed by atoms with Gasteiger partial charge in [-0.05, 0) is 25.8 Å². The molecule has 1 aliphatic heterocycles. The normalized spacial score (nSPS) is 24.1. The van der Waals surface area contributed by atoms with Gasteiger partial charge in [0, 0.05) is 20.0 Å². The van der Waals surface area contributed by atoms with E-state index >= 15 is 0 Å². The third-order valence-corrected chi connectivity index (χ3v) is 3.20. The molecule has 0 aromatic heterocycles. The van der Waals surface area contributed by atoms with Gasteiger partial charge in [0.1, 0.15) is 0 Å². The molecule has 92 valence electrons. The number of rotatable bonds is 5. The summed E-state index contributed by atoms with van der Waals surface area (Å²) >= 11 is 0. The molecule has 16 heavy (non-hydrogen) atoms. The molecule has 0 aliphatic carbocycles. The van der Waals surface area contributed by atoms with E-state index in [0.29, 0.717) is 13.0 Å². The largest absolute Gasteiger partial charge is 0.359 e. The van der Waals surface area contributed by atoms with E-state index in [1.165, 1.54) is 0 Å². The molecule has 3 N–H and O–H groups in total. The maximum absolute atomic E-state index is 12.0. The zero-order valence-electron chi connectivity index (χ0n) is 10.1. The highest BCUT2D eigenvalue weighted by molar-refractivity contribution is 5.87. The second-order valence-corrected chi connectivity index (χ2v) is 4.15. The van der Waals surface area contributed by atoms with Crippen LogP contribution in [0.2, 0.25) is 0 Å². The van der Waals surface area contributed by atoms with Crippen LogP contribution in [0.5, 0.6) is 0 Å². The molecule has 5 heteroatoms. The molecule has 1 fully saturated rings. The van der Waals surface area contributed by atoms with Crippen LogP contribution in [0, 0.1) is 0 Å². The van der Waals surface area contributed by atoms with Gasteiger partial charge in [-0.15, -0.1) is 0 Å². The number of hydrogen-bond donors (Lipinski definition) is 3. The van der Waals surface area contributed by atoms with Crippen molar-refractivity contribution in [2.24, 2.45) is 0 Å². The third-order valence-electron chi connectivity index (χ3n) is 3.20. The fourth-order valence-corrected chi connectivity index (χ4v) is 2.05. The molecule has 2 amide bonds. The Morgan fingerprint density at radius 2 is 2.19 bits per heavy atom. The van der Waals surface area contributed by atoms with Gasteiger partial charge in [0.2, 0.25) is 11.8 Å². The smallest absolute Gasteiger partial charge is 0.240 e. The zero-order chi connectivity index (χ0) is 12.0. The van der Waals surface area contributed by atoms with Crippen molar-refractivity contribution in [1.29, 1.82) is 0 Å². The van der Waals surface area contributed by atoms with Crippen molar-refractivity contribution in [1.82, 2.24) is 16.0 Å². The van der Waals surface area contributed by atoms with Crippen molar-refractivity contribution in [3.63, 3.8) is 0 Å². The summed E-state index contributed by atoms with van der Waals surface area (Å²) in [6.45, 7) is 3.31. The summed E-state index contributed by atoms with van der Waals surface area (Å²) in [5.74, 6) is -0.0263. The molecule has 1 unspecified atom stereocenters. The Balaban J connectivity index is 2.36. The molecule has 1 atom stereocenters. The van der Waals surface area contributed by atoms with Crippen LogP contribution < -0.4 is 16.0 Å². The number of carbonyl (C=O) groups excluding carboxylic acids is 2. The Morgan fingerprint density at radius 3 is 2.69 bits per heavy atom. The second kappa shape index (κ2) is 5.84. The van der Waals surface area contributed by atoms with Crippen LogP contribution in [0.4, 0.5) is 0 Å². The highest BCUT2D eigenvalue weighted by atomic mass is 16.2. The first-order chi connectivity index (χ1) is 7.64. The predicted octanol–water partition coefficient (Wildman–Crippen LogP) is -0.229.